The zero-order valence-corrected chi connectivity index (χ0v) is 10.4. The molecule has 0 aromatic carbocycles. The van der Waals surface area contributed by atoms with Gasteiger partial charge in [-0.3, -0.25) is 14.8 Å². The average Bonchev–Trinajstić information content (AvgIpc) is 2.47. The van der Waals surface area contributed by atoms with Gasteiger partial charge in [0, 0.05) is 25.4 Å². The molecule has 1 atom stereocenters. The summed E-state index contributed by atoms with van der Waals surface area (Å²) < 4.78 is 5.31. The number of nitrogens with two attached hydrogens (primary N) is 1. The second-order valence-corrected chi connectivity index (χ2v) is 4.08. The average molecular weight is 264 g/mol. The normalized spacial score (nSPS) is 20.0. The summed E-state index contributed by atoms with van der Waals surface area (Å²) in [6.45, 7) is 0.644. The van der Waals surface area contributed by atoms with Crippen molar-refractivity contribution in [2.75, 3.05) is 6.61 Å². The topological polar surface area (TPSA) is 99.4 Å². The van der Waals surface area contributed by atoms with Gasteiger partial charge in [-0.15, -0.1) is 0 Å². The Bertz CT molecular complexity index is 444. The van der Waals surface area contributed by atoms with E-state index in [0.717, 1.165) is 19.3 Å². The van der Waals surface area contributed by atoms with Crippen molar-refractivity contribution >= 4 is 12.0 Å². The second kappa shape index (κ2) is 6.81. The van der Waals surface area contributed by atoms with Gasteiger partial charge in [0.05, 0.1) is 11.9 Å². The predicted molar refractivity (Wildman–Crippen MR) is 67.0 cm³/mol. The lowest BCUT2D eigenvalue weighted by molar-refractivity contribution is -0.198. The van der Waals surface area contributed by atoms with Crippen LogP contribution in [0.2, 0.25) is 0 Å². The summed E-state index contributed by atoms with van der Waals surface area (Å²) in [6, 6.07) is 0. The Morgan fingerprint density at radius 1 is 1.53 bits per heavy atom. The summed E-state index contributed by atoms with van der Waals surface area (Å²) in [4.78, 5) is 24.6. The summed E-state index contributed by atoms with van der Waals surface area (Å²) in [5, 5.41) is 0. The lowest BCUT2D eigenvalue weighted by Crippen LogP contribution is -2.35. The molecule has 1 fully saturated rings. The quantitative estimate of drug-likeness (QED) is 0.601. The van der Waals surface area contributed by atoms with Crippen molar-refractivity contribution in [3.63, 3.8) is 0 Å². The Hall–Kier alpha value is -1.99. The van der Waals surface area contributed by atoms with Crippen LogP contribution in [0, 0.1) is 0 Å². The molecule has 1 saturated heterocycles. The zero-order valence-electron chi connectivity index (χ0n) is 10.4. The molecule has 3 N–H and O–H groups in total. The minimum atomic E-state index is -0.528. The Kier molecular flexibility index (Phi) is 4.82. The van der Waals surface area contributed by atoms with Crippen LogP contribution >= 0.6 is 0 Å². The van der Waals surface area contributed by atoms with Gasteiger partial charge < -0.3 is 10.5 Å². The van der Waals surface area contributed by atoms with E-state index in [-0.39, 0.29) is 5.70 Å². The van der Waals surface area contributed by atoms with Crippen LogP contribution in [-0.2, 0) is 14.4 Å². The molecular formula is C12H16N4O3. The molecule has 0 aliphatic carbocycles. The lowest BCUT2D eigenvalue weighted by Gasteiger charge is -2.22. The van der Waals surface area contributed by atoms with Gasteiger partial charge >= 0.3 is 0 Å². The first-order valence-corrected chi connectivity index (χ1v) is 6.06. The molecule has 1 aromatic heterocycles. The molecule has 2 heterocycles. The number of carbonyl (C=O) groups is 1. The van der Waals surface area contributed by atoms with Gasteiger partial charge in [-0.1, -0.05) is 0 Å². The van der Waals surface area contributed by atoms with E-state index in [1.807, 2.05) is 0 Å². The number of nitrogens with one attached hydrogen (secondary N) is 1. The molecule has 1 amide bonds. The van der Waals surface area contributed by atoms with E-state index in [0.29, 0.717) is 12.3 Å². The molecule has 2 rings (SSSR count). The molecule has 0 spiro atoms. The number of ether oxygens (including phenoxy) is 1. The Morgan fingerprint density at radius 2 is 2.42 bits per heavy atom. The van der Waals surface area contributed by atoms with Crippen molar-refractivity contribution in [1.82, 2.24) is 15.4 Å². The summed E-state index contributed by atoms with van der Waals surface area (Å²) >= 11 is 0. The number of aromatic nitrogens is 2. The van der Waals surface area contributed by atoms with E-state index in [2.05, 4.69) is 15.4 Å². The van der Waals surface area contributed by atoms with Crippen LogP contribution < -0.4 is 11.2 Å². The van der Waals surface area contributed by atoms with Crippen molar-refractivity contribution in [3.8, 4) is 0 Å². The maximum Gasteiger partial charge on any atom is 0.290 e. The fourth-order valence-corrected chi connectivity index (χ4v) is 1.59. The van der Waals surface area contributed by atoms with Gasteiger partial charge in [0.1, 0.15) is 5.70 Å². The lowest BCUT2D eigenvalue weighted by atomic mass is 10.2. The molecule has 102 valence electrons. The van der Waals surface area contributed by atoms with Gasteiger partial charge in [0.25, 0.3) is 5.91 Å². The maximum atomic E-state index is 11.7. The number of nitrogens with zero attached hydrogens (tertiary/aromatic N) is 2. The molecule has 1 unspecified atom stereocenters. The van der Waals surface area contributed by atoms with Crippen molar-refractivity contribution in [3.05, 3.63) is 30.0 Å². The SMILES string of the molecule is N/C(=C\c1cnccn1)C(=O)NOC1CCCCO1. The summed E-state index contributed by atoms with van der Waals surface area (Å²) in [7, 11) is 0. The molecule has 19 heavy (non-hydrogen) atoms. The zero-order chi connectivity index (χ0) is 13.5. The number of rotatable bonds is 4. The molecule has 7 nitrogen and oxygen atoms in total. The maximum absolute atomic E-state index is 11.7. The third-order valence-electron chi connectivity index (χ3n) is 2.57. The minimum absolute atomic E-state index is 0.00342. The van der Waals surface area contributed by atoms with Gasteiger partial charge in [-0.25, -0.2) is 10.3 Å². The number of amides is 1. The summed E-state index contributed by atoms with van der Waals surface area (Å²) in [6.07, 6.45) is 8.38. The smallest absolute Gasteiger partial charge is 0.290 e. The molecule has 0 bridgehead atoms. The highest BCUT2D eigenvalue weighted by molar-refractivity contribution is 5.95. The largest absolute Gasteiger partial charge is 0.394 e. The van der Waals surface area contributed by atoms with Gasteiger partial charge in [0.2, 0.25) is 0 Å². The molecule has 0 radical (unpaired) electrons. The van der Waals surface area contributed by atoms with Gasteiger partial charge in [-0.2, -0.15) is 0 Å². The predicted octanol–water partition coefficient (Wildman–Crippen LogP) is 0.351. The Morgan fingerprint density at radius 3 is 3.11 bits per heavy atom. The van der Waals surface area contributed by atoms with Crippen LogP contribution in [0.5, 0.6) is 0 Å². The number of hydroxylamine groups is 1. The van der Waals surface area contributed by atoms with Crippen molar-refractivity contribution in [1.29, 1.82) is 0 Å². The fraction of sp³-hybridized carbons (Fsp3) is 0.417. The fourth-order valence-electron chi connectivity index (χ4n) is 1.59. The van der Waals surface area contributed by atoms with Crippen molar-refractivity contribution in [2.45, 2.75) is 25.6 Å². The first-order chi connectivity index (χ1) is 9.25. The molecule has 1 aromatic rings. The summed E-state index contributed by atoms with van der Waals surface area (Å²) in [5.74, 6) is -0.528. The molecule has 7 heteroatoms. The summed E-state index contributed by atoms with van der Waals surface area (Å²) in [5.41, 5.74) is 8.39. The van der Waals surface area contributed by atoms with E-state index in [1.54, 1.807) is 0 Å². The van der Waals surface area contributed by atoms with Crippen LogP contribution in [-0.4, -0.2) is 28.8 Å². The van der Waals surface area contributed by atoms with Crippen molar-refractivity contribution < 1.29 is 14.4 Å². The van der Waals surface area contributed by atoms with Crippen LogP contribution in [0.3, 0.4) is 0 Å². The third kappa shape index (κ3) is 4.31. The molecule has 0 saturated carbocycles. The van der Waals surface area contributed by atoms with Gasteiger partial charge in [-0.05, 0) is 18.9 Å². The highest BCUT2D eigenvalue weighted by Crippen LogP contribution is 2.12. The van der Waals surface area contributed by atoms with Gasteiger partial charge in [0.15, 0.2) is 6.29 Å². The monoisotopic (exact) mass is 264 g/mol. The number of carbonyl (C=O) groups excluding carboxylic acids is 1. The Balaban J connectivity index is 1.83. The highest BCUT2D eigenvalue weighted by atomic mass is 16.8. The first-order valence-electron chi connectivity index (χ1n) is 6.06. The number of hydrogen-bond donors (Lipinski definition) is 2. The molecule has 1 aliphatic heterocycles. The molecule has 1 aliphatic rings. The van der Waals surface area contributed by atoms with Crippen molar-refractivity contribution in [2.24, 2.45) is 5.73 Å². The number of hydrogen-bond acceptors (Lipinski definition) is 6. The standard InChI is InChI=1S/C12H16N4O3/c13-10(7-9-8-14-4-5-15-9)12(17)16-19-11-3-1-2-6-18-11/h4-5,7-8,11H,1-3,6,13H2,(H,16,17)/b10-7-. The van der Waals surface area contributed by atoms with E-state index in [4.69, 9.17) is 15.3 Å². The van der Waals surface area contributed by atoms with E-state index < -0.39 is 12.2 Å². The second-order valence-electron chi connectivity index (χ2n) is 4.08. The van der Waals surface area contributed by atoms with E-state index in [9.17, 15) is 4.79 Å². The van der Waals surface area contributed by atoms with Crippen LogP contribution in [0.25, 0.3) is 6.08 Å². The third-order valence-corrected chi connectivity index (χ3v) is 2.57. The van der Waals surface area contributed by atoms with E-state index in [1.165, 1.54) is 24.7 Å². The van der Waals surface area contributed by atoms with Crippen LogP contribution in [0.4, 0.5) is 0 Å². The highest BCUT2D eigenvalue weighted by Gasteiger charge is 2.16. The van der Waals surface area contributed by atoms with Crippen LogP contribution in [0.15, 0.2) is 24.3 Å². The Labute approximate surface area is 110 Å². The molecular weight excluding hydrogens is 248 g/mol. The first kappa shape index (κ1) is 13.4. The van der Waals surface area contributed by atoms with E-state index >= 15 is 0 Å². The minimum Gasteiger partial charge on any atom is -0.394 e. The van der Waals surface area contributed by atoms with Crippen LogP contribution in [0.1, 0.15) is 25.0 Å².